The number of hydrogen-bond acceptors (Lipinski definition) is 6. The van der Waals surface area contributed by atoms with Crippen molar-refractivity contribution >= 4 is 10.0 Å². The van der Waals surface area contributed by atoms with E-state index in [1.807, 2.05) is 6.07 Å². The lowest BCUT2D eigenvalue weighted by molar-refractivity contribution is 0.200. The molecule has 144 valence electrons. The zero-order valence-electron chi connectivity index (χ0n) is 15.2. The van der Waals surface area contributed by atoms with Crippen LogP contribution in [0.25, 0.3) is 0 Å². The summed E-state index contributed by atoms with van der Waals surface area (Å²) in [5.41, 5.74) is 0. The number of benzene rings is 1. The molecule has 7 nitrogen and oxygen atoms in total. The molecule has 1 aliphatic carbocycles. The summed E-state index contributed by atoms with van der Waals surface area (Å²) in [5, 5.41) is 4.17. The molecule has 0 amide bonds. The lowest BCUT2D eigenvalue weighted by Gasteiger charge is -2.36. The van der Waals surface area contributed by atoms with Crippen LogP contribution in [0.2, 0.25) is 0 Å². The lowest BCUT2D eigenvalue weighted by Crippen LogP contribution is -2.48. The maximum atomic E-state index is 12.6. The van der Waals surface area contributed by atoms with Crippen LogP contribution >= 0.6 is 0 Å². The Kier molecular flexibility index (Phi) is 4.29. The predicted molar refractivity (Wildman–Crippen MR) is 98.5 cm³/mol. The first-order valence-corrected chi connectivity index (χ1v) is 11.2. The van der Waals surface area contributed by atoms with Gasteiger partial charge in [0.15, 0.2) is 5.82 Å². The van der Waals surface area contributed by atoms with Crippen molar-refractivity contribution in [2.75, 3.05) is 26.2 Å². The molecular weight excluding hydrogens is 364 g/mol. The van der Waals surface area contributed by atoms with Crippen LogP contribution in [0.4, 0.5) is 0 Å². The van der Waals surface area contributed by atoms with E-state index >= 15 is 0 Å². The molecule has 1 saturated carbocycles. The Morgan fingerprint density at radius 1 is 1.11 bits per heavy atom. The third-order valence-corrected chi connectivity index (χ3v) is 7.74. The smallest absolute Gasteiger partial charge is 0.244 e. The SMILES string of the molecule is O=S(=O)(c1ccccc1)N1CC(c2noc(C3CCCN3CC3CC3)n2)C1. The summed E-state index contributed by atoms with van der Waals surface area (Å²) < 4.78 is 32.3. The number of nitrogens with zero attached hydrogens (tertiary/aromatic N) is 4. The van der Waals surface area contributed by atoms with Crippen LogP contribution in [0, 0.1) is 5.92 Å². The molecule has 2 aliphatic heterocycles. The van der Waals surface area contributed by atoms with Crippen molar-refractivity contribution in [3.8, 4) is 0 Å². The molecule has 0 spiro atoms. The first-order valence-electron chi connectivity index (χ1n) is 9.74. The average Bonchev–Trinajstić information content (AvgIpc) is 3.12. The van der Waals surface area contributed by atoms with Gasteiger partial charge in [-0.1, -0.05) is 23.4 Å². The standard InChI is InChI=1S/C19H24N4O3S/c24-27(25,16-5-2-1-3-6-16)23-12-15(13-23)18-20-19(26-21-18)17-7-4-10-22(17)11-14-8-9-14/h1-3,5-6,14-15,17H,4,7-13H2. The first-order chi connectivity index (χ1) is 13.1. The van der Waals surface area contributed by atoms with Gasteiger partial charge in [-0.15, -0.1) is 0 Å². The molecule has 3 fully saturated rings. The van der Waals surface area contributed by atoms with Crippen molar-refractivity contribution in [1.82, 2.24) is 19.3 Å². The number of likely N-dealkylation sites (tertiary alicyclic amines) is 1. The van der Waals surface area contributed by atoms with E-state index in [1.54, 1.807) is 24.3 Å². The molecule has 1 atom stereocenters. The highest BCUT2D eigenvalue weighted by Crippen LogP contribution is 2.38. The second-order valence-electron chi connectivity index (χ2n) is 7.92. The molecule has 2 aromatic rings. The number of aromatic nitrogens is 2. The Labute approximate surface area is 159 Å². The number of sulfonamides is 1. The summed E-state index contributed by atoms with van der Waals surface area (Å²) in [6.45, 7) is 3.06. The van der Waals surface area contributed by atoms with Crippen LogP contribution in [-0.2, 0) is 10.0 Å². The van der Waals surface area contributed by atoms with Crippen LogP contribution in [0.15, 0.2) is 39.8 Å². The van der Waals surface area contributed by atoms with Gasteiger partial charge in [0.2, 0.25) is 15.9 Å². The summed E-state index contributed by atoms with van der Waals surface area (Å²) in [6.07, 6.45) is 4.91. The van der Waals surface area contributed by atoms with E-state index < -0.39 is 10.0 Å². The Morgan fingerprint density at radius 2 is 1.89 bits per heavy atom. The Morgan fingerprint density at radius 3 is 2.63 bits per heavy atom. The monoisotopic (exact) mass is 388 g/mol. The Balaban J connectivity index is 1.24. The van der Waals surface area contributed by atoms with E-state index in [9.17, 15) is 8.42 Å². The summed E-state index contributed by atoms with van der Waals surface area (Å²) in [4.78, 5) is 7.45. The van der Waals surface area contributed by atoms with Crippen molar-refractivity contribution in [3.63, 3.8) is 0 Å². The minimum atomic E-state index is -3.43. The normalized spacial score (nSPS) is 25.0. The molecule has 1 aromatic heterocycles. The van der Waals surface area contributed by atoms with E-state index in [2.05, 4.69) is 15.0 Å². The quantitative estimate of drug-likeness (QED) is 0.756. The van der Waals surface area contributed by atoms with Gasteiger partial charge in [-0.25, -0.2) is 8.42 Å². The highest BCUT2D eigenvalue weighted by atomic mass is 32.2. The fourth-order valence-corrected chi connectivity index (χ4v) is 5.60. The molecule has 1 aromatic carbocycles. The molecule has 0 N–H and O–H groups in total. The van der Waals surface area contributed by atoms with Crippen molar-refractivity contribution in [1.29, 1.82) is 0 Å². The fraction of sp³-hybridized carbons (Fsp3) is 0.579. The third kappa shape index (κ3) is 3.30. The van der Waals surface area contributed by atoms with Gasteiger partial charge in [0.25, 0.3) is 0 Å². The molecule has 27 heavy (non-hydrogen) atoms. The summed E-state index contributed by atoms with van der Waals surface area (Å²) in [7, 11) is -3.43. The van der Waals surface area contributed by atoms with E-state index in [4.69, 9.17) is 4.52 Å². The Bertz CT molecular complexity index is 904. The molecule has 2 saturated heterocycles. The fourth-order valence-electron chi connectivity index (χ4n) is 4.04. The summed E-state index contributed by atoms with van der Waals surface area (Å²) in [5.74, 6) is 2.20. The zero-order valence-corrected chi connectivity index (χ0v) is 16.0. The minimum absolute atomic E-state index is 0.0132. The highest BCUT2D eigenvalue weighted by Gasteiger charge is 2.41. The second kappa shape index (κ2) is 6.68. The molecule has 3 heterocycles. The molecule has 0 radical (unpaired) electrons. The maximum Gasteiger partial charge on any atom is 0.244 e. The van der Waals surface area contributed by atoms with E-state index in [0.717, 1.165) is 25.4 Å². The van der Waals surface area contributed by atoms with Gasteiger partial charge in [0.05, 0.1) is 16.9 Å². The third-order valence-electron chi connectivity index (χ3n) is 5.89. The number of hydrogen-bond donors (Lipinski definition) is 0. The van der Waals surface area contributed by atoms with Crippen LogP contribution in [0.3, 0.4) is 0 Å². The molecule has 8 heteroatoms. The van der Waals surface area contributed by atoms with Gasteiger partial charge in [-0.3, -0.25) is 4.90 Å². The van der Waals surface area contributed by atoms with Gasteiger partial charge in [0.1, 0.15) is 0 Å². The summed E-state index contributed by atoms with van der Waals surface area (Å²) >= 11 is 0. The van der Waals surface area contributed by atoms with Crippen molar-refractivity contribution < 1.29 is 12.9 Å². The molecule has 0 bridgehead atoms. The molecule has 5 rings (SSSR count). The van der Waals surface area contributed by atoms with Crippen molar-refractivity contribution in [3.05, 3.63) is 42.0 Å². The maximum absolute atomic E-state index is 12.6. The van der Waals surface area contributed by atoms with Gasteiger partial charge in [0, 0.05) is 19.6 Å². The second-order valence-corrected chi connectivity index (χ2v) is 9.86. The van der Waals surface area contributed by atoms with Gasteiger partial charge >= 0.3 is 0 Å². The molecular formula is C19H24N4O3S. The van der Waals surface area contributed by atoms with Crippen LogP contribution in [0.5, 0.6) is 0 Å². The van der Waals surface area contributed by atoms with Gasteiger partial charge < -0.3 is 4.52 Å². The lowest BCUT2D eigenvalue weighted by atomic mass is 10.0. The molecule has 3 aliphatic rings. The number of rotatable bonds is 6. The largest absolute Gasteiger partial charge is 0.338 e. The van der Waals surface area contributed by atoms with Crippen LogP contribution in [-0.4, -0.2) is 53.9 Å². The van der Waals surface area contributed by atoms with Crippen molar-refractivity contribution in [2.45, 2.75) is 42.5 Å². The first kappa shape index (κ1) is 17.3. The zero-order chi connectivity index (χ0) is 18.4. The van der Waals surface area contributed by atoms with Crippen molar-refractivity contribution in [2.24, 2.45) is 5.92 Å². The Hall–Kier alpha value is -1.77. The predicted octanol–water partition coefficient (Wildman–Crippen LogP) is 2.40. The van der Waals surface area contributed by atoms with Crippen LogP contribution < -0.4 is 0 Å². The topological polar surface area (TPSA) is 79.5 Å². The summed E-state index contributed by atoms with van der Waals surface area (Å²) in [6, 6.07) is 8.78. The van der Waals surface area contributed by atoms with E-state index in [1.165, 1.54) is 23.6 Å². The van der Waals surface area contributed by atoms with E-state index in [-0.39, 0.29) is 12.0 Å². The van der Waals surface area contributed by atoms with Gasteiger partial charge in [-0.05, 0) is 50.3 Å². The van der Waals surface area contributed by atoms with E-state index in [0.29, 0.717) is 29.7 Å². The highest BCUT2D eigenvalue weighted by molar-refractivity contribution is 7.89. The van der Waals surface area contributed by atoms with Gasteiger partial charge in [-0.2, -0.15) is 9.29 Å². The average molecular weight is 388 g/mol. The molecule has 1 unspecified atom stereocenters. The van der Waals surface area contributed by atoms with Crippen LogP contribution in [0.1, 0.15) is 49.4 Å². The minimum Gasteiger partial charge on any atom is -0.338 e.